The van der Waals surface area contributed by atoms with E-state index < -0.39 is 0 Å². The number of hydrazine groups is 2. The van der Waals surface area contributed by atoms with Crippen molar-refractivity contribution in [3.8, 4) is 0 Å². The molecule has 1 aliphatic rings. The van der Waals surface area contributed by atoms with Crippen molar-refractivity contribution in [3.63, 3.8) is 0 Å². The van der Waals surface area contributed by atoms with Gasteiger partial charge in [0.15, 0.2) is 5.78 Å². The molecular formula is C16H16N4O2. The lowest BCUT2D eigenvalue weighted by Crippen LogP contribution is -2.35. The number of aliphatic hydroxyl groups excluding tert-OH is 1. The largest absolute Gasteiger partial charge is 0.493 e. The van der Waals surface area contributed by atoms with E-state index in [1.165, 1.54) is 11.1 Å². The van der Waals surface area contributed by atoms with Gasteiger partial charge < -0.3 is 15.1 Å². The summed E-state index contributed by atoms with van der Waals surface area (Å²) < 4.78 is 1.93. The van der Waals surface area contributed by atoms with Gasteiger partial charge in [-0.05, 0) is 11.6 Å². The minimum absolute atomic E-state index is 0.179. The lowest BCUT2D eigenvalue weighted by atomic mass is 10.2. The molecule has 0 amide bonds. The maximum absolute atomic E-state index is 12.1. The van der Waals surface area contributed by atoms with E-state index in [0.29, 0.717) is 12.1 Å². The van der Waals surface area contributed by atoms with Crippen molar-refractivity contribution in [2.45, 2.75) is 6.54 Å². The molecule has 0 saturated heterocycles. The number of hydrogen-bond donors (Lipinski definition) is 3. The Balaban J connectivity index is 1.69. The Kier molecular flexibility index (Phi) is 3.93. The fourth-order valence-corrected chi connectivity index (χ4v) is 2.14. The quantitative estimate of drug-likeness (QED) is 0.447. The van der Waals surface area contributed by atoms with E-state index in [0.717, 1.165) is 5.56 Å². The fourth-order valence-electron chi connectivity index (χ4n) is 2.14. The van der Waals surface area contributed by atoms with Crippen molar-refractivity contribution < 1.29 is 9.90 Å². The topological polar surface area (TPSA) is 69.5 Å². The molecule has 3 N–H and O–H groups in total. The molecule has 22 heavy (non-hydrogen) atoms. The van der Waals surface area contributed by atoms with Crippen LogP contribution in [0.3, 0.4) is 0 Å². The molecule has 3 rings (SSSR count). The summed E-state index contributed by atoms with van der Waals surface area (Å²) in [6.07, 6.45) is 7.96. The van der Waals surface area contributed by atoms with Gasteiger partial charge in [-0.25, -0.2) is 5.01 Å². The van der Waals surface area contributed by atoms with Crippen LogP contribution in [0.5, 0.6) is 0 Å². The number of hydrogen-bond acceptors (Lipinski definition) is 5. The van der Waals surface area contributed by atoms with E-state index in [1.54, 1.807) is 24.7 Å². The van der Waals surface area contributed by atoms with Crippen LogP contribution in [0.4, 0.5) is 0 Å². The molecule has 1 aromatic carbocycles. The van der Waals surface area contributed by atoms with Gasteiger partial charge in [0.25, 0.3) is 0 Å². The average molecular weight is 296 g/mol. The lowest BCUT2D eigenvalue weighted by molar-refractivity contribution is 0.103. The highest BCUT2D eigenvalue weighted by Gasteiger charge is 2.12. The van der Waals surface area contributed by atoms with Crippen LogP contribution in [0.2, 0.25) is 0 Å². The number of aliphatic hydroxyl groups is 1. The van der Waals surface area contributed by atoms with Gasteiger partial charge in [0.1, 0.15) is 0 Å². The molecule has 6 nitrogen and oxygen atoms in total. The van der Waals surface area contributed by atoms with Crippen LogP contribution in [0.1, 0.15) is 15.9 Å². The smallest absolute Gasteiger partial charge is 0.211 e. The Morgan fingerprint density at radius 1 is 1.23 bits per heavy atom. The molecule has 0 bridgehead atoms. The van der Waals surface area contributed by atoms with Crippen LogP contribution in [-0.2, 0) is 6.54 Å². The number of benzene rings is 1. The van der Waals surface area contributed by atoms with Crippen LogP contribution in [0, 0.1) is 0 Å². The first-order valence-corrected chi connectivity index (χ1v) is 6.84. The number of carbonyl (C=O) groups is 1. The number of nitrogens with one attached hydrogen (secondary N) is 2. The highest BCUT2D eigenvalue weighted by Crippen LogP contribution is 2.09. The number of nitrogens with zero attached hydrogens (tertiary/aromatic N) is 2. The van der Waals surface area contributed by atoms with Crippen LogP contribution < -0.4 is 11.0 Å². The first-order valence-electron chi connectivity index (χ1n) is 6.84. The van der Waals surface area contributed by atoms with Crippen molar-refractivity contribution in [1.82, 2.24) is 20.5 Å². The Morgan fingerprint density at radius 2 is 2.05 bits per heavy atom. The predicted octanol–water partition coefficient (Wildman–Crippen LogP) is 1.91. The van der Waals surface area contributed by atoms with Crippen LogP contribution >= 0.6 is 0 Å². The molecule has 1 aliphatic heterocycles. The third kappa shape index (κ3) is 3.18. The summed E-state index contributed by atoms with van der Waals surface area (Å²) in [5.74, 6) is -0.437. The Hall–Kier alpha value is -2.99. The second-order valence-corrected chi connectivity index (χ2v) is 4.87. The van der Waals surface area contributed by atoms with Gasteiger partial charge in [0.2, 0.25) is 5.88 Å². The molecular weight excluding hydrogens is 280 g/mol. The molecule has 1 aromatic heterocycles. The summed E-state index contributed by atoms with van der Waals surface area (Å²) in [7, 11) is 0. The van der Waals surface area contributed by atoms with Crippen molar-refractivity contribution in [3.05, 3.63) is 84.3 Å². The van der Waals surface area contributed by atoms with Crippen molar-refractivity contribution in [1.29, 1.82) is 0 Å². The zero-order valence-corrected chi connectivity index (χ0v) is 11.8. The average Bonchev–Trinajstić information content (AvgIpc) is 3.19. The molecule has 0 fully saturated rings. The Labute approximate surface area is 127 Å². The van der Waals surface area contributed by atoms with E-state index in [4.69, 9.17) is 0 Å². The van der Waals surface area contributed by atoms with E-state index in [9.17, 15) is 9.90 Å². The van der Waals surface area contributed by atoms with Gasteiger partial charge in [-0.1, -0.05) is 30.3 Å². The molecule has 0 aliphatic carbocycles. The van der Waals surface area contributed by atoms with Gasteiger partial charge in [-0.3, -0.25) is 4.79 Å². The molecule has 112 valence electrons. The Bertz CT molecular complexity index is 719. The SMILES string of the molecule is O=C(C=C(O)N1C=CNN1)c1ccn(Cc2ccccc2)c1. The van der Waals surface area contributed by atoms with Gasteiger partial charge >= 0.3 is 0 Å². The molecule has 0 saturated carbocycles. The van der Waals surface area contributed by atoms with E-state index >= 15 is 0 Å². The van der Waals surface area contributed by atoms with Crippen molar-refractivity contribution in [2.75, 3.05) is 0 Å². The van der Waals surface area contributed by atoms with Crippen LogP contribution in [-0.4, -0.2) is 20.5 Å². The summed E-state index contributed by atoms with van der Waals surface area (Å²) >= 11 is 0. The summed E-state index contributed by atoms with van der Waals surface area (Å²) in [5.41, 5.74) is 7.01. The summed E-state index contributed by atoms with van der Waals surface area (Å²) in [4.78, 5) is 12.1. The first kappa shape index (κ1) is 14.0. The number of carbonyl (C=O) groups excluding carboxylic acids is 1. The van der Waals surface area contributed by atoms with Crippen molar-refractivity contribution >= 4 is 5.78 Å². The molecule has 0 atom stereocenters. The maximum atomic E-state index is 12.1. The molecule has 6 heteroatoms. The normalized spacial score (nSPS) is 14.2. The van der Waals surface area contributed by atoms with Crippen LogP contribution in [0.15, 0.2) is 73.2 Å². The minimum atomic E-state index is -0.258. The first-order chi connectivity index (χ1) is 10.7. The second kappa shape index (κ2) is 6.19. The van der Waals surface area contributed by atoms with Gasteiger partial charge in [-0.2, -0.15) is 0 Å². The number of ketones is 1. The third-order valence-corrected chi connectivity index (χ3v) is 3.24. The Morgan fingerprint density at radius 3 is 2.77 bits per heavy atom. The molecule has 0 unspecified atom stereocenters. The standard InChI is InChI=1S/C16H16N4O2/c21-15(10-16(22)20-9-7-17-18-20)14-6-8-19(12-14)11-13-4-2-1-3-5-13/h1-10,12,17-18,22H,11H2. The van der Waals surface area contributed by atoms with Gasteiger partial charge in [-0.15, -0.1) is 5.53 Å². The molecule has 0 spiro atoms. The summed E-state index contributed by atoms with van der Waals surface area (Å²) in [6.45, 7) is 0.699. The molecule has 2 heterocycles. The lowest BCUT2D eigenvalue weighted by Gasteiger charge is -2.12. The van der Waals surface area contributed by atoms with Crippen LogP contribution in [0.25, 0.3) is 0 Å². The predicted molar refractivity (Wildman–Crippen MR) is 82.3 cm³/mol. The number of allylic oxidation sites excluding steroid dienone is 1. The fraction of sp³-hybridized carbons (Fsp3) is 0.0625. The molecule has 2 aromatic rings. The number of rotatable bonds is 5. The van der Waals surface area contributed by atoms with E-state index in [1.807, 2.05) is 41.1 Å². The highest BCUT2D eigenvalue weighted by molar-refractivity contribution is 6.04. The minimum Gasteiger partial charge on any atom is -0.493 e. The van der Waals surface area contributed by atoms with E-state index in [-0.39, 0.29) is 11.7 Å². The van der Waals surface area contributed by atoms with Gasteiger partial charge in [0, 0.05) is 43.0 Å². The zero-order chi connectivity index (χ0) is 15.4. The summed E-state index contributed by atoms with van der Waals surface area (Å²) in [6, 6.07) is 11.7. The monoisotopic (exact) mass is 296 g/mol. The highest BCUT2D eigenvalue weighted by atomic mass is 16.3. The van der Waals surface area contributed by atoms with Crippen molar-refractivity contribution in [2.24, 2.45) is 0 Å². The maximum Gasteiger partial charge on any atom is 0.211 e. The zero-order valence-electron chi connectivity index (χ0n) is 11.8. The van der Waals surface area contributed by atoms with E-state index in [2.05, 4.69) is 11.0 Å². The van der Waals surface area contributed by atoms with Gasteiger partial charge in [0.05, 0.1) is 0 Å². The number of aromatic nitrogens is 1. The summed E-state index contributed by atoms with van der Waals surface area (Å²) in [5, 5.41) is 11.1. The second-order valence-electron chi connectivity index (χ2n) is 4.87. The molecule has 0 radical (unpaired) electrons. The third-order valence-electron chi connectivity index (χ3n) is 3.24.